The van der Waals surface area contributed by atoms with Gasteiger partial charge in [0.25, 0.3) is 5.91 Å². The smallest absolute Gasteiger partial charge is 0.265 e. The van der Waals surface area contributed by atoms with Gasteiger partial charge in [0.05, 0.1) is 22.6 Å². The molecule has 1 aliphatic rings. The Bertz CT molecular complexity index is 1370. The number of anilines is 3. The summed E-state index contributed by atoms with van der Waals surface area (Å²) < 4.78 is 5.23. The van der Waals surface area contributed by atoms with Crippen molar-refractivity contribution in [2.24, 2.45) is 0 Å². The third-order valence-electron chi connectivity index (χ3n) is 6.59. The molecule has 2 N–H and O–H groups in total. The number of aromatic nitrogens is 2. The maximum atomic E-state index is 12.8. The Hall–Kier alpha value is -3.79. The molecule has 1 amide bonds. The van der Waals surface area contributed by atoms with Crippen molar-refractivity contribution >= 4 is 34.6 Å². The largest absolute Gasteiger partial charge is 0.497 e. The van der Waals surface area contributed by atoms with Gasteiger partial charge in [0.2, 0.25) is 5.95 Å². The van der Waals surface area contributed by atoms with Crippen LogP contribution in [0.5, 0.6) is 5.75 Å². The van der Waals surface area contributed by atoms with E-state index in [0.717, 1.165) is 55.4 Å². The minimum atomic E-state index is -0.172. The number of nitrogens with one attached hydrogen (secondary N) is 2. The first kappa shape index (κ1) is 25.8. The minimum absolute atomic E-state index is 0.172. The Morgan fingerprint density at radius 1 is 1.00 bits per heavy atom. The van der Waals surface area contributed by atoms with E-state index in [0.29, 0.717) is 22.3 Å². The van der Waals surface area contributed by atoms with Gasteiger partial charge in [-0.05, 0) is 61.5 Å². The fourth-order valence-electron chi connectivity index (χ4n) is 4.29. The molecule has 0 saturated carbocycles. The van der Waals surface area contributed by atoms with Crippen LogP contribution in [0.1, 0.15) is 15.2 Å². The van der Waals surface area contributed by atoms with Crippen molar-refractivity contribution in [3.05, 3.63) is 83.4 Å². The van der Waals surface area contributed by atoms with E-state index in [9.17, 15) is 4.79 Å². The maximum absolute atomic E-state index is 12.8. The van der Waals surface area contributed by atoms with Crippen molar-refractivity contribution in [1.82, 2.24) is 19.8 Å². The van der Waals surface area contributed by atoms with Crippen molar-refractivity contribution in [1.29, 1.82) is 0 Å². The van der Waals surface area contributed by atoms with E-state index < -0.39 is 0 Å². The molecule has 0 atom stereocenters. The van der Waals surface area contributed by atoms with Crippen LogP contribution in [-0.2, 0) is 6.42 Å². The summed E-state index contributed by atoms with van der Waals surface area (Å²) in [5, 5.41) is 6.22. The highest BCUT2D eigenvalue weighted by molar-refractivity contribution is 7.17. The highest BCUT2D eigenvalue weighted by atomic mass is 32.1. The molecule has 0 aliphatic carbocycles. The molecule has 9 heteroatoms. The van der Waals surface area contributed by atoms with Crippen LogP contribution in [0.3, 0.4) is 0 Å². The molecule has 1 fully saturated rings. The molecule has 38 heavy (non-hydrogen) atoms. The van der Waals surface area contributed by atoms with Crippen molar-refractivity contribution in [3.63, 3.8) is 0 Å². The van der Waals surface area contributed by atoms with Crippen LogP contribution in [0.15, 0.2) is 72.9 Å². The van der Waals surface area contributed by atoms with Gasteiger partial charge in [-0.1, -0.05) is 18.2 Å². The first-order chi connectivity index (χ1) is 18.6. The Kier molecular flexibility index (Phi) is 8.28. The molecule has 0 radical (unpaired) electrons. The molecule has 5 rings (SSSR count). The molecule has 0 bridgehead atoms. The number of carbonyl (C=O) groups excluding carboxylic acids is 1. The maximum Gasteiger partial charge on any atom is 0.265 e. The zero-order valence-corrected chi connectivity index (χ0v) is 22.5. The van der Waals surface area contributed by atoms with E-state index in [1.807, 2.05) is 36.4 Å². The number of hydrogen-bond donors (Lipinski definition) is 2. The normalized spacial score (nSPS) is 14.3. The van der Waals surface area contributed by atoms with E-state index in [2.05, 4.69) is 61.7 Å². The lowest BCUT2D eigenvalue weighted by Crippen LogP contribution is -2.45. The summed E-state index contributed by atoms with van der Waals surface area (Å²) in [5.41, 5.74) is 3.71. The first-order valence-corrected chi connectivity index (χ1v) is 13.5. The second-order valence-electron chi connectivity index (χ2n) is 9.33. The lowest BCUT2D eigenvalue weighted by Gasteiger charge is -2.32. The second-order valence-corrected chi connectivity index (χ2v) is 10.4. The fraction of sp³-hybridized carbons (Fsp3) is 0.276. The number of nitrogens with zero attached hydrogens (tertiary/aromatic N) is 4. The van der Waals surface area contributed by atoms with E-state index in [1.165, 1.54) is 16.9 Å². The lowest BCUT2D eigenvalue weighted by atomic mass is 10.1. The summed E-state index contributed by atoms with van der Waals surface area (Å²) in [6.45, 7) is 5.66. The number of benzene rings is 2. The number of rotatable bonds is 9. The zero-order chi connectivity index (χ0) is 26.3. The molecule has 3 heterocycles. The third-order valence-corrected chi connectivity index (χ3v) is 7.69. The highest BCUT2D eigenvalue weighted by Crippen LogP contribution is 2.28. The van der Waals surface area contributed by atoms with Gasteiger partial charge in [-0.2, -0.15) is 0 Å². The van der Waals surface area contributed by atoms with Crippen LogP contribution in [0.4, 0.5) is 17.3 Å². The average Bonchev–Trinajstić information content (AvgIpc) is 3.45. The second kappa shape index (κ2) is 12.2. The Labute approximate surface area is 227 Å². The quantitative estimate of drug-likeness (QED) is 0.316. The van der Waals surface area contributed by atoms with Gasteiger partial charge in [-0.3, -0.25) is 4.79 Å². The summed E-state index contributed by atoms with van der Waals surface area (Å²) >= 11 is 1.39. The van der Waals surface area contributed by atoms with Crippen LogP contribution in [-0.4, -0.2) is 72.6 Å². The van der Waals surface area contributed by atoms with Crippen LogP contribution in [0.25, 0.3) is 10.6 Å². The van der Waals surface area contributed by atoms with E-state index >= 15 is 0 Å². The van der Waals surface area contributed by atoms with Crippen molar-refractivity contribution in [3.8, 4) is 16.3 Å². The molecular formula is C29H32N6O2S. The minimum Gasteiger partial charge on any atom is -0.497 e. The summed E-state index contributed by atoms with van der Waals surface area (Å²) in [6.07, 6.45) is 2.77. The van der Waals surface area contributed by atoms with Gasteiger partial charge in [0, 0.05) is 56.4 Å². The first-order valence-electron chi connectivity index (χ1n) is 12.7. The molecule has 0 unspecified atom stereocenters. The van der Waals surface area contributed by atoms with Gasteiger partial charge in [-0.25, -0.2) is 9.97 Å². The fourth-order valence-corrected chi connectivity index (χ4v) is 5.16. The summed E-state index contributed by atoms with van der Waals surface area (Å²) in [4.78, 5) is 28.2. The summed E-state index contributed by atoms with van der Waals surface area (Å²) in [7, 11) is 3.78. The van der Waals surface area contributed by atoms with Crippen LogP contribution in [0, 0.1) is 0 Å². The number of amides is 1. The topological polar surface area (TPSA) is 82.6 Å². The van der Waals surface area contributed by atoms with Crippen LogP contribution in [0.2, 0.25) is 0 Å². The lowest BCUT2D eigenvalue weighted by molar-refractivity contribution is 0.103. The number of ether oxygens (including phenoxy) is 1. The van der Waals surface area contributed by atoms with Gasteiger partial charge in [-0.15, -0.1) is 11.3 Å². The monoisotopic (exact) mass is 528 g/mol. The molecule has 0 spiro atoms. The predicted molar refractivity (Wildman–Crippen MR) is 154 cm³/mol. The predicted octanol–water partition coefficient (Wildman–Crippen LogP) is 5.00. The van der Waals surface area contributed by atoms with Crippen LogP contribution < -0.4 is 15.4 Å². The Morgan fingerprint density at radius 2 is 1.82 bits per heavy atom. The molecule has 1 saturated heterocycles. The molecular weight excluding hydrogens is 496 g/mol. The Morgan fingerprint density at radius 3 is 2.61 bits per heavy atom. The number of piperazine rings is 1. The van der Waals surface area contributed by atoms with Gasteiger partial charge in [0.1, 0.15) is 5.75 Å². The number of thiophene rings is 1. The van der Waals surface area contributed by atoms with Crippen molar-refractivity contribution in [2.75, 3.05) is 57.5 Å². The Balaban J connectivity index is 1.18. The summed E-state index contributed by atoms with van der Waals surface area (Å²) in [6, 6.07) is 21.3. The number of likely N-dealkylation sites (N-methyl/N-ethyl adjacent to an activating group) is 1. The van der Waals surface area contributed by atoms with E-state index in [-0.39, 0.29) is 5.91 Å². The van der Waals surface area contributed by atoms with Gasteiger partial charge in [0.15, 0.2) is 0 Å². The van der Waals surface area contributed by atoms with Crippen molar-refractivity contribution < 1.29 is 9.53 Å². The van der Waals surface area contributed by atoms with Crippen molar-refractivity contribution in [2.45, 2.75) is 6.42 Å². The standard InChI is InChI=1S/C29H32N6O2S/c1-34-16-18-35(19-17-34)15-13-21-6-8-22(9-7-21)32-29-30-14-12-25(33-29)26-10-11-27(38-26)28(36)31-23-4-3-5-24(20-23)37-2/h3-12,14,20H,13,15-19H2,1-2H3,(H,31,36)(H,30,32,33). The average molecular weight is 529 g/mol. The number of methoxy groups -OCH3 is 1. The van der Waals surface area contributed by atoms with E-state index in [4.69, 9.17) is 4.74 Å². The molecule has 8 nitrogen and oxygen atoms in total. The number of hydrogen-bond acceptors (Lipinski definition) is 8. The summed E-state index contributed by atoms with van der Waals surface area (Å²) in [5.74, 6) is 1.04. The van der Waals surface area contributed by atoms with Gasteiger partial charge >= 0.3 is 0 Å². The van der Waals surface area contributed by atoms with E-state index in [1.54, 1.807) is 19.4 Å². The molecule has 2 aromatic carbocycles. The van der Waals surface area contributed by atoms with Crippen LogP contribution >= 0.6 is 11.3 Å². The molecule has 196 valence electrons. The SMILES string of the molecule is COc1cccc(NC(=O)c2ccc(-c3ccnc(Nc4ccc(CCN5CCN(C)CC5)cc4)n3)s2)c1. The molecule has 2 aromatic heterocycles. The highest BCUT2D eigenvalue weighted by Gasteiger charge is 2.14. The number of carbonyl (C=O) groups is 1. The third kappa shape index (κ3) is 6.74. The zero-order valence-electron chi connectivity index (χ0n) is 21.7. The molecule has 1 aliphatic heterocycles. The molecule has 4 aromatic rings. The van der Waals surface area contributed by atoms with Gasteiger partial charge < -0.3 is 25.2 Å².